The molecular formula is C23H20O11S. The van der Waals surface area contributed by atoms with Gasteiger partial charge in [-0.05, 0) is 11.6 Å². The Morgan fingerprint density at radius 1 is 0.629 bits per heavy atom. The molecule has 0 aromatic heterocycles. The van der Waals surface area contributed by atoms with Crippen LogP contribution in [0, 0.1) is 0 Å². The average molecular weight is 504 g/mol. The minimum atomic E-state index is -2.19. The van der Waals surface area contributed by atoms with E-state index in [1.807, 2.05) is 0 Å². The van der Waals surface area contributed by atoms with Crippen LogP contribution in [0.4, 0.5) is 0 Å². The standard InChI is InChI=1S/C23H20O11S/c1-10(24)30-17-8-6-7-15-9-16-18(31-11(2)25)19(32-12(3)26)20(33-13(4)27)21(34-14(5)28)23(16)35(29)22(15)17/h6-8H,9H2,1-5H3. The Balaban J connectivity index is 2.46. The third-order valence-corrected chi connectivity index (χ3v) is 6.05. The van der Waals surface area contributed by atoms with Gasteiger partial charge < -0.3 is 23.7 Å². The van der Waals surface area contributed by atoms with Gasteiger partial charge in [-0.2, -0.15) is 0 Å². The molecule has 1 aliphatic heterocycles. The largest absolute Gasteiger partial charge is 0.425 e. The predicted molar refractivity (Wildman–Crippen MR) is 117 cm³/mol. The Bertz CT molecular complexity index is 1310. The topological polar surface area (TPSA) is 149 Å². The Hall–Kier alpha value is -4.06. The Morgan fingerprint density at radius 2 is 1.09 bits per heavy atom. The van der Waals surface area contributed by atoms with Gasteiger partial charge in [0.2, 0.25) is 11.5 Å². The molecule has 3 rings (SSSR count). The molecule has 1 heterocycles. The number of benzene rings is 2. The molecule has 0 fully saturated rings. The number of hydrogen-bond acceptors (Lipinski definition) is 11. The number of carbonyl (C=O) groups is 5. The fraction of sp³-hybridized carbons (Fsp3) is 0.261. The molecule has 2 aromatic carbocycles. The predicted octanol–water partition coefficient (Wildman–Crippen LogP) is 2.38. The monoisotopic (exact) mass is 504 g/mol. The van der Waals surface area contributed by atoms with Gasteiger partial charge in [0.05, 0.1) is 20.6 Å². The first-order chi connectivity index (χ1) is 16.4. The highest BCUT2D eigenvalue weighted by molar-refractivity contribution is 7.85. The highest BCUT2D eigenvalue weighted by Crippen LogP contribution is 2.55. The van der Waals surface area contributed by atoms with E-state index >= 15 is 0 Å². The van der Waals surface area contributed by atoms with Crippen LogP contribution in [0.1, 0.15) is 45.7 Å². The molecule has 0 saturated heterocycles. The summed E-state index contributed by atoms with van der Waals surface area (Å²) in [6.07, 6.45) is -0.0585. The summed E-state index contributed by atoms with van der Waals surface area (Å²) in [5, 5.41) is 0. The summed E-state index contributed by atoms with van der Waals surface area (Å²) in [5.41, 5.74) is 0.514. The molecule has 1 unspecified atom stereocenters. The van der Waals surface area contributed by atoms with Crippen LogP contribution < -0.4 is 23.7 Å². The van der Waals surface area contributed by atoms with E-state index in [0.717, 1.165) is 27.7 Å². The molecule has 1 atom stereocenters. The Labute approximate surface area is 201 Å². The zero-order valence-corrected chi connectivity index (χ0v) is 20.2. The van der Waals surface area contributed by atoms with Crippen LogP contribution in [0.2, 0.25) is 0 Å². The van der Waals surface area contributed by atoms with Crippen LogP contribution in [0.15, 0.2) is 28.0 Å². The quantitative estimate of drug-likeness (QED) is 0.372. The first-order valence-corrected chi connectivity index (χ1v) is 11.2. The van der Waals surface area contributed by atoms with E-state index in [2.05, 4.69) is 0 Å². The van der Waals surface area contributed by atoms with Gasteiger partial charge in [-0.1, -0.05) is 12.1 Å². The Morgan fingerprint density at radius 3 is 1.60 bits per heavy atom. The van der Waals surface area contributed by atoms with Crippen LogP contribution in [-0.4, -0.2) is 34.1 Å². The molecule has 0 N–H and O–H groups in total. The molecular weight excluding hydrogens is 484 g/mol. The summed E-state index contributed by atoms with van der Waals surface area (Å²) in [7, 11) is -2.19. The summed E-state index contributed by atoms with van der Waals surface area (Å²) in [6.45, 7) is 5.40. The van der Waals surface area contributed by atoms with Crippen molar-refractivity contribution in [3.8, 4) is 28.7 Å². The number of rotatable bonds is 5. The molecule has 0 spiro atoms. The van der Waals surface area contributed by atoms with Gasteiger partial charge in [0.1, 0.15) is 5.75 Å². The minimum Gasteiger partial charge on any atom is -0.425 e. The normalized spacial score (nSPS) is 13.6. The van der Waals surface area contributed by atoms with Gasteiger partial charge in [0.25, 0.3) is 0 Å². The second-order valence-electron chi connectivity index (χ2n) is 7.28. The molecule has 35 heavy (non-hydrogen) atoms. The van der Waals surface area contributed by atoms with E-state index in [0.29, 0.717) is 5.56 Å². The van der Waals surface area contributed by atoms with Crippen molar-refractivity contribution in [1.29, 1.82) is 0 Å². The molecule has 0 bridgehead atoms. The average Bonchev–Trinajstić information content (AvgIpc) is 2.71. The lowest BCUT2D eigenvalue weighted by molar-refractivity contribution is -0.136. The smallest absolute Gasteiger partial charge is 0.308 e. The van der Waals surface area contributed by atoms with Crippen molar-refractivity contribution in [2.45, 2.75) is 50.8 Å². The molecule has 184 valence electrons. The number of esters is 5. The first kappa shape index (κ1) is 25.6. The maximum atomic E-state index is 13.9. The zero-order valence-electron chi connectivity index (χ0n) is 19.3. The van der Waals surface area contributed by atoms with E-state index in [-0.39, 0.29) is 33.3 Å². The van der Waals surface area contributed by atoms with Crippen molar-refractivity contribution in [3.05, 3.63) is 29.3 Å². The summed E-state index contributed by atoms with van der Waals surface area (Å²) in [6, 6.07) is 4.61. The highest BCUT2D eigenvalue weighted by Gasteiger charge is 2.39. The van der Waals surface area contributed by atoms with Gasteiger partial charge in [-0.3, -0.25) is 24.0 Å². The van der Waals surface area contributed by atoms with Crippen LogP contribution in [0.3, 0.4) is 0 Å². The second kappa shape index (κ2) is 10.1. The van der Waals surface area contributed by atoms with E-state index < -0.39 is 57.9 Å². The highest BCUT2D eigenvalue weighted by atomic mass is 32.2. The lowest BCUT2D eigenvalue weighted by Crippen LogP contribution is -2.20. The Kier molecular flexibility index (Phi) is 7.34. The van der Waals surface area contributed by atoms with Crippen molar-refractivity contribution < 1.29 is 51.9 Å². The van der Waals surface area contributed by atoms with Gasteiger partial charge >= 0.3 is 29.8 Å². The molecule has 2 aromatic rings. The molecule has 0 saturated carbocycles. The van der Waals surface area contributed by atoms with Gasteiger partial charge in [-0.25, -0.2) is 4.21 Å². The lowest BCUT2D eigenvalue weighted by Gasteiger charge is -2.27. The van der Waals surface area contributed by atoms with Crippen molar-refractivity contribution in [2.24, 2.45) is 0 Å². The zero-order chi connectivity index (χ0) is 26.0. The number of carbonyl (C=O) groups excluding carboxylic acids is 5. The van der Waals surface area contributed by atoms with Crippen LogP contribution in [0.25, 0.3) is 0 Å². The SMILES string of the molecule is CC(=O)Oc1cccc2c1S(=O)c1c(c(OC(C)=O)c(OC(C)=O)c(OC(C)=O)c1OC(C)=O)C2. The molecule has 0 amide bonds. The molecule has 0 radical (unpaired) electrons. The summed E-state index contributed by atoms with van der Waals surface area (Å²) >= 11 is 0. The summed E-state index contributed by atoms with van der Waals surface area (Å²) in [5.74, 6) is -6.02. The second-order valence-corrected chi connectivity index (χ2v) is 8.64. The summed E-state index contributed by atoms with van der Waals surface area (Å²) in [4.78, 5) is 59.2. The van der Waals surface area contributed by atoms with E-state index in [1.165, 1.54) is 13.0 Å². The fourth-order valence-corrected chi connectivity index (χ4v) is 5.01. The number of ether oxygens (including phenoxy) is 5. The molecule has 12 heteroatoms. The van der Waals surface area contributed by atoms with Crippen molar-refractivity contribution in [3.63, 3.8) is 0 Å². The van der Waals surface area contributed by atoms with Crippen LogP contribution in [0.5, 0.6) is 28.7 Å². The van der Waals surface area contributed by atoms with Crippen LogP contribution >= 0.6 is 0 Å². The van der Waals surface area contributed by atoms with Crippen LogP contribution in [-0.2, 0) is 41.2 Å². The van der Waals surface area contributed by atoms with Crippen molar-refractivity contribution in [1.82, 2.24) is 0 Å². The van der Waals surface area contributed by atoms with E-state index in [1.54, 1.807) is 12.1 Å². The third kappa shape index (κ3) is 5.38. The van der Waals surface area contributed by atoms with E-state index in [9.17, 15) is 28.2 Å². The lowest BCUT2D eigenvalue weighted by atomic mass is 10.0. The number of hydrogen-bond donors (Lipinski definition) is 0. The maximum Gasteiger partial charge on any atom is 0.308 e. The fourth-order valence-electron chi connectivity index (χ4n) is 3.44. The third-order valence-electron chi connectivity index (χ3n) is 4.41. The van der Waals surface area contributed by atoms with E-state index in [4.69, 9.17) is 23.7 Å². The summed E-state index contributed by atoms with van der Waals surface area (Å²) < 4.78 is 40.1. The molecule has 1 aliphatic rings. The molecule has 11 nitrogen and oxygen atoms in total. The maximum absolute atomic E-state index is 13.9. The minimum absolute atomic E-state index is 0.0000987. The first-order valence-electron chi connectivity index (χ1n) is 10.1. The van der Waals surface area contributed by atoms with Crippen molar-refractivity contribution >= 4 is 40.6 Å². The molecule has 0 aliphatic carbocycles. The number of fused-ring (bicyclic) bond motifs is 2. The van der Waals surface area contributed by atoms with Gasteiger partial charge in [-0.15, -0.1) is 0 Å². The van der Waals surface area contributed by atoms with Gasteiger partial charge in [0, 0.05) is 46.6 Å². The van der Waals surface area contributed by atoms with Crippen molar-refractivity contribution in [2.75, 3.05) is 0 Å². The van der Waals surface area contributed by atoms with Gasteiger partial charge in [0.15, 0.2) is 11.5 Å².